The lowest BCUT2D eigenvalue weighted by atomic mass is 9.97. The summed E-state index contributed by atoms with van der Waals surface area (Å²) >= 11 is 3.42. The van der Waals surface area contributed by atoms with Crippen LogP contribution in [-0.2, 0) is 16.1 Å². The average molecular weight is 499 g/mol. The molecule has 1 unspecified atom stereocenters. The summed E-state index contributed by atoms with van der Waals surface area (Å²) in [5.41, 5.74) is 1.98. The second-order valence-corrected chi connectivity index (χ2v) is 8.57. The molecule has 8 nitrogen and oxygen atoms in total. The van der Waals surface area contributed by atoms with Gasteiger partial charge in [0.05, 0.1) is 25.1 Å². The number of nitrogens with zero attached hydrogens (tertiary/aromatic N) is 3. The van der Waals surface area contributed by atoms with Crippen LogP contribution in [0.4, 0.5) is 5.69 Å². The molecule has 166 valence electrons. The molecular formula is C23H23BrN4O4. The van der Waals surface area contributed by atoms with Crippen LogP contribution in [0.2, 0.25) is 0 Å². The highest BCUT2D eigenvalue weighted by atomic mass is 79.9. The number of methoxy groups -OCH3 is 1. The van der Waals surface area contributed by atoms with Crippen LogP contribution in [0.25, 0.3) is 11.4 Å². The van der Waals surface area contributed by atoms with Crippen LogP contribution in [0.3, 0.4) is 0 Å². The number of esters is 1. The molecule has 1 aromatic heterocycles. The van der Waals surface area contributed by atoms with E-state index in [0.29, 0.717) is 36.1 Å². The van der Waals surface area contributed by atoms with E-state index in [9.17, 15) is 9.59 Å². The van der Waals surface area contributed by atoms with E-state index < -0.39 is 5.97 Å². The van der Waals surface area contributed by atoms with Gasteiger partial charge in [-0.15, -0.1) is 0 Å². The highest BCUT2D eigenvalue weighted by Crippen LogP contribution is 2.23. The maximum absolute atomic E-state index is 12.8. The van der Waals surface area contributed by atoms with E-state index >= 15 is 0 Å². The van der Waals surface area contributed by atoms with E-state index in [4.69, 9.17) is 9.26 Å². The van der Waals surface area contributed by atoms with Gasteiger partial charge in [-0.1, -0.05) is 21.1 Å². The number of aromatic nitrogens is 2. The number of anilines is 1. The smallest absolute Gasteiger partial charge is 0.337 e. The molecule has 4 rings (SSSR count). The number of halogens is 1. The second-order valence-electron chi connectivity index (χ2n) is 7.65. The van der Waals surface area contributed by atoms with Gasteiger partial charge in [0.15, 0.2) is 0 Å². The molecule has 3 aromatic rings. The van der Waals surface area contributed by atoms with Gasteiger partial charge < -0.3 is 14.6 Å². The molecule has 0 aliphatic carbocycles. The van der Waals surface area contributed by atoms with E-state index in [1.165, 1.54) is 7.11 Å². The number of piperidine rings is 1. The van der Waals surface area contributed by atoms with Gasteiger partial charge in [0.1, 0.15) is 0 Å². The fraction of sp³-hybridized carbons (Fsp3) is 0.304. The number of amides is 1. The van der Waals surface area contributed by atoms with Gasteiger partial charge in [-0.2, -0.15) is 4.98 Å². The van der Waals surface area contributed by atoms with Crippen molar-refractivity contribution in [3.05, 3.63) is 64.5 Å². The van der Waals surface area contributed by atoms with Crippen molar-refractivity contribution in [2.75, 3.05) is 25.5 Å². The Kier molecular flexibility index (Phi) is 6.96. The standard InChI is InChI=1S/C23H23BrN4O4/c1-31-23(30)16-6-10-19(11-7-16)25-22(29)17-3-2-12-28(13-17)14-20-26-21(27-32-20)15-4-8-18(24)9-5-15/h4-11,17H,2-3,12-14H2,1H3,(H,25,29). The van der Waals surface area contributed by atoms with E-state index in [2.05, 4.69) is 36.3 Å². The first-order valence-electron chi connectivity index (χ1n) is 10.3. The Hall–Kier alpha value is -3.04. The molecule has 2 aromatic carbocycles. The Balaban J connectivity index is 1.33. The quantitative estimate of drug-likeness (QED) is 0.510. The molecule has 1 aliphatic rings. The monoisotopic (exact) mass is 498 g/mol. The third-order valence-corrected chi connectivity index (χ3v) is 5.91. The van der Waals surface area contributed by atoms with Crippen LogP contribution in [0.1, 0.15) is 29.1 Å². The first kappa shape index (κ1) is 22.2. The van der Waals surface area contributed by atoms with Gasteiger partial charge in [-0.3, -0.25) is 9.69 Å². The zero-order valence-corrected chi connectivity index (χ0v) is 19.2. The number of hydrogen-bond donors (Lipinski definition) is 1. The van der Waals surface area contributed by atoms with E-state index in [1.807, 2.05) is 24.3 Å². The number of benzene rings is 2. The van der Waals surface area contributed by atoms with Gasteiger partial charge in [0, 0.05) is 22.3 Å². The SMILES string of the molecule is COC(=O)c1ccc(NC(=O)C2CCCN(Cc3nc(-c4ccc(Br)cc4)no3)C2)cc1. The minimum absolute atomic E-state index is 0.0402. The number of rotatable bonds is 6. The molecule has 1 fully saturated rings. The summed E-state index contributed by atoms with van der Waals surface area (Å²) in [6, 6.07) is 14.4. The molecule has 0 spiro atoms. The van der Waals surface area contributed by atoms with Crippen LogP contribution < -0.4 is 5.32 Å². The zero-order valence-electron chi connectivity index (χ0n) is 17.6. The number of hydrogen-bond acceptors (Lipinski definition) is 7. The molecule has 2 heterocycles. The van der Waals surface area contributed by atoms with Gasteiger partial charge in [-0.25, -0.2) is 4.79 Å². The van der Waals surface area contributed by atoms with E-state index in [1.54, 1.807) is 24.3 Å². The van der Waals surface area contributed by atoms with Crippen molar-refractivity contribution in [2.24, 2.45) is 5.92 Å². The summed E-state index contributed by atoms with van der Waals surface area (Å²) in [5.74, 6) is 0.492. The molecule has 32 heavy (non-hydrogen) atoms. The van der Waals surface area contributed by atoms with Crippen molar-refractivity contribution in [2.45, 2.75) is 19.4 Å². The number of carbonyl (C=O) groups excluding carboxylic acids is 2. The molecular weight excluding hydrogens is 476 g/mol. The summed E-state index contributed by atoms with van der Waals surface area (Å²) in [4.78, 5) is 31.0. The first-order chi connectivity index (χ1) is 15.5. The minimum atomic E-state index is -0.407. The normalized spacial score (nSPS) is 16.5. The van der Waals surface area contributed by atoms with Crippen molar-refractivity contribution in [1.82, 2.24) is 15.0 Å². The van der Waals surface area contributed by atoms with Crippen LogP contribution in [0.15, 0.2) is 57.5 Å². The summed E-state index contributed by atoms with van der Waals surface area (Å²) in [5, 5.41) is 7.01. The topological polar surface area (TPSA) is 97.6 Å². The Bertz CT molecular complexity index is 1080. The van der Waals surface area contributed by atoms with Crippen molar-refractivity contribution in [1.29, 1.82) is 0 Å². The summed E-state index contributed by atoms with van der Waals surface area (Å²) in [6.45, 7) is 1.98. The lowest BCUT2D eigenvalue weighted by molar-refractivity contribution is -0.121. The Morgan fingerprint density at radius 2 is 1.94 bits per heavy atom. The van der Waals surface area contributed by atoms with Crippen LogP contribution in [0.5, 0.6) is 0 Å². The zero-order chi connectivity index (χ0) is 22.5. The van der Waals surface area contributed by atoms with E-state index in [-0.39, 0.29) is 11.8 Å². The van der Waals surface area contributed by atoms with Crippen molar-refractivity contribution >= 4 is 33.5 Å². The van der Waals surface area contributed by atoms with Crippen LogP contribution in [0, 0.1) is 5.92 Å². The van der Waals surface area contributed by atoms with Crippen molar-refractivity contribution in [3.63, 3.8) is 0 Å². The third-order valence-electron chi connectivity index (χ3n) is 5.38. The molecule has 1 saturated heterocycles. The average Bonchev–Trinajstić information content (AvgIpc) is 3.28. The number of ether oxygens (including phenoxy) is 1. The third kappa shape index (κ3) is 5.41. The van der Waals surface area contributed by atoms with Crippen molar-refractivity contribution < 1.29 is 18.8 Å². The Morgan fingerprint density at radius 1 is 1.19 bits per heavy atom. The second kappa shape index (κ2) is 10.1. The van der Waals surface area contributed by atoms with Gasteiger partial charge in [0.2, 0.25) is 17.6 Å². The Morgan fingerprint density at radius 3 is 2.66 bits per heavy atom. The fourth-order valence-electron chi connectivity index (χ4n) is 3.69. The molecule has 1 amide bonds. The fourth-order valence-corrected chi connectivity index (χ4v) is 3.96. The summed E-state index contributed by atoms with van der Waals surface area (Å²) in [6.07, 6.45) is 1.73. The molecule has 1 aliphatic heterocycles. The van der Waals surface area contributed by atoms with Crippen LogP contribution >= 0.6 is 15.9 Å². The molecule has 0 saturated carbocycles. The minimum Gasteiger partial charge on any atom is -0.465 e. The number of carbonyl (C=O) groups is 2. The van der Waals surface area contributed by atoms with Gasteiger partial charge in [-0.05, 0) is 67.9 Å². The Labute approximate surface area is 194 Å². The maximum Gasteiger partial charge on any atom is 0.337 e. The van der Waals surface area contributed by atoms with Crippen LogP contribution in [-0.4, -0.2) is 47.1 Å². The van der Waals surface area contributed by atoms with Crippen molar-refractivity contribution in [3.8, 4) is 11.4 Å². The molecule has 0 bridgehead atoms. The lowest BCUT2D eigenvalue weighted by Gasteiger charge is -2.30. The predicted molar refractivity (Wildman–Crippen MR) is 122 cm³/mol. The highest BCUT2D eigenvalue weighted by molar-refractivity contribution is 9.10. The highest BCUT2D eigenvalue weighted by Gasteiger charge is 2.27. The molecule has 0 radical (unpaired) electrons. The first-order valence-corrected chi connectivity index (χ1v) is 11.1. The largest absolute Gasteiger partial charge is 0.465 e. The molecule has 9 heteroatoms. The van der Waals surface area contributed by atoms with Gasteiger partial charge in [0.25, 0.3) is 0 Å². The summed E-state index contributed by atoms with van der Waals surface area (Å²) < 4.78 is 11.1. The summed E-state index contributed by atoms with van der Waals surface area (Å²) in [7, 11) is 1.34. The molecule has 1 N–H and O–H groups in total. The number of likely N-dealkylation sites (tertiary alicyclic amines) is 1. The molecule has 1 atom stereocenters. The number of nitrogens with one attached hydrogen (secondary N) is 1. The lowest BCUT2D eigenvalue weighted by Crippen LogP contribution is -2.40. The predicted octanol–water partition coefficient (Wildman–Crippen LogP) is 4.14. The van der Waals surface area contributed by atoms with E-state index in [0.717, 1.165) is 29.4 Å². The van der Waals surface area contributed by atoms with Gasteiger partial charge >= 0.3 is 5.97 Å². The maximum atomic E-state index is 12.8.